The van der Waals surface area contributed by atoms with Crippen LogP contribution in [-0.4, -0.2) is 4.98 Å². The summed E-state index contributed by atoms with van der Waals surface area (Å²) >= 11 is 6.05. The maximum Gasteiger partial charge on any atom is 0.0621 e. The number of pyridine rings is 1. The predicted molar refractivity (Wildman–Crippen MR) is 70.9 cm³/mol. The molecule has 2 rings (SSSR count). The van der Waals surface area contributed by atoms with Crippen LogP contribution < -0.4 is 5.73 Å². The zero-order valence-electron chi connectivity index (χ0n) is 9.51. The summed E-state index contributed by atoms with van der Waals surface area (Å²) in [7, 11) is 0. The van der Waals surface area contributed by atoms with Gasteiger partial charge in [0.05, 0.1) is 5.02 Å². The van der Waals surface area contributed by atoms with E-state index in [0.29, 0.717) is 5.02 Å². The summed E-state index contributed by atoms with van der Waals surface area (Å²) in [5, 5.41) is 0.716. The van der Waals surface area contributed by atoms with E-state index >= 15 is 0 Å². The van der Waals surface area contributed by atoms with Gasteiger partial charge < -0.3 is 5.73 Å². The van der Waals surface area contributed by atoms with Crippen molar-refractivity contribution in [1.82, 2.24) is 4.98 Å². The van der Waals surface area contributed by atoms with E-state index in [1.807, 2.05) is 24.3 Å². The van der Waals surface area contributed by atoms with E-state index < -0.39 is 0 Å². The molecule has 1 heterocycles. The Bertz CT molecular complexity index is 471. The normalized spacial score (nSPS) is 12.4. The van der Waals surface area contributed by atoms with Crippen molar-refractivity contribution in [2.24, 2.45) is 5.73 Å². The number of nitrogens with zero attached hydrogens (tertiary/aromatic N) is 1. The lowest BCUT2D eigenvalue weighted by molar-refractivity contribution is 0.651. The van der Waals surface area contributed by atoms with E-state index in [2.05, 4.69) is 17.1 Å². The summed E-state index contributed by atoms with van der Waals surface area (Å²) in [6, 6.07) is 12.1. The van der Waals surface area contributed by atoms with Crippen LogP contribution in [0, 0.1) is 0 Å². The average Bonchev–Trinajstić information content (AvgIpc) is 2.38. The molecule has 3 heteroatoms. The summed E-state index contributed by atoms with van der Waals surface area (Å²) in [5.74, 6) is 0. The highest BCUT2D eigenvalue weighted by atomic mass is 35.5. The summed E-state index contributed by atoms with van der Waals surface area (Å²) < 4.78 is 0. The zero-order chi connectivity index (χ0) is 12.1. The van der Waals surface area contributed by atoms with Gasteiger partial charge in [-0.15, -0.1) is 0 Å². The van der Waals surface area contributed by atoms with Crippen LogP contribution in [0.4, 0.5) is 0 Å². The molecule has 2 N–H and O–H groups in total. The third-order valence-electron chi connectivity index (χ3n) is 2.81. The maximum atomic E-state index is 6.13. The Balaban J connectivity index is 1.97. The molecule has 1 aromatic heterocycles. The Morgan fingerprint density at radius 1 is 1.18 bits per heavy atom. The fourth-order valence-corrected chi connectivity index (χ4v) is 2.00. The van der Waals surface area contributed by atoms with Crippen molar-refractivity contribution in [3.8, 4) is 0 Å². The molecule has 0 fully saturated rings. The van der Waals surface area contributed by atoms with Crippen molar-refractivity contribution in [1.29, 1.82) is 0 Å². The molecule has 0 aliphatic rings. The lowest BCUT2D eigenvalue weighted by atomic mass is 10.0. The second kappa shape index (κ2) is 5.80. The van der Waals surface area contributed by atoms with Crippen LogP contribution in [0.25, 0.3) is 0 Å². The minimum absolute atomic E-state index is 0.0560. The Labute approximate surface area is 106 Å². The number of rotatable bonds is 4. The van der Waals surface area contributed by atoms with E-state index in [0.717, 1.165) is 24.0 Å². The molecule has 88 valence electrons. The fourth-order valence-electron chi connectivity index (χ4n) is 1.78. The highest BCUT2D eigenvalue weighted by Gasteiger charge is 2.07. The topological polar surface area (TPSA) is 38.9 Å². The number of hydrogen-bond donors (Lipinski definition) is 1. The van der Waals surface area contributed by atoms with Gasteiger partial charge in [-0.05, 0) is 30.0 Å². The molecular formula is C14H15ClN2. The van der Waals surface area contributed by atoms with Gasteiger partial charge in [0.2, 0.25) is 0 Å². The summed E-state index contributed by atoms with van der Waals surface area (Å²) in [6.45, 7) is 0. The smallest absolute Gasteiger partial charge is 0.0621 e. The van der Waals surface area contributed by atoms with Gasteiger partial charge in [0.15, 0.2) is 0 Å². The minimum atomic E-state index is 0.0560. The van der Waals surface area contributed by atoms with Gasteiger partial charge in [-0.3, -0.25) is 4.98 Å². The number of aryl methyl sites for hydroxylation is 1. The molecule has 0 aliphatic heterocycles. The van der Waals surface area contributed by atoms with Crippen LogP contribution in [0.15, 0.2) is 48.8 Å². The van der Waals surface area contributed by atoms with Gasteiger partial charge in [0.1, 0.15) is 0 Å². The zero-order valence-corrected chi connectivity index (χ0v) is 10.3. The van der Waals surface area contributed by atoms with Crippen LogP contribution in [0.1, 0.15) is 23.6 Å². The molecule has 17 heavy (non-hydrogen) atoms. The Kier molecular flexibility index (Phi) is 4.13. The molecule has 2 nitrogen and oxygen atoms in total. The first kappa shape index (κ1) is 12.1. The van der Waals surface area contributed by atoms with Crippen molar-refractivity contribution in [3.05, 3.63) is 64.9 Å². The molecule has 0 bridgehead atoms. The van der Waals surface area contributed by atoms with E-state index in [1.54, 1.807) is 12.4 Å². The monoisotopic (exact) mass is 246 g/mol. The van der Waals surface area contributed by atoms with Crippen LogP contribution in [0.3, 0.4) is 0 Å². The SMILES string of the molecule is NC(CCc1ccncc1Cl)c1ccccc1. The van der Waals surface area contributed by atoms with E-state index in [-0.39, 0.29) is 6.04 Å². The van der Waals surface area contributed by atoms with Crippen molar-refractivity contribution in [2.45, 2.75) is 18.9 Å². The Hall–Kier alpha value is -1.38. The predicted octanol–water partition coefficient (Wildman–Crippen LogP) is 3.37. The quantitative estimate of drug-likeness (QED) is 0.898. The van der Waals surface area contributed by atoms with Crippen LogP contribution in [0.2, 0.25) is 5.02 Å². The molecule has 0 aliphatic carbocycles. The van der Waals surface area contributed by atoms with E-state index in [4.69, 9.17) is 17.3 Å². The molecule has 0 spiro atoms. The van der Waals surface area contributed by atoms with Crippen LogP contribution >= 0.6 is 11.6 Å². The highest BCUT2D eigenvalue weighted by Crippen LogP contribution is 2.20. The Morgan fingerprint density at radius 3 is 2.65 bits per heavy atom. The second-order valence-corrected chi connectivity index (χ2v) is 4.43. The van der Waals surface area contributed by atoms with Crippen LogP contribution in [-0.2, 0) is 6.42 Å². The molecular weight excluding hydrogens is 232 g/mol. The largest absolute Gasteiger partial charge is 0.324 e. The Morgan fingerprint density at radius 2 is 1.94 bits per heavy atom. The molecule has 0 saturated heterocycles. The number of hydrogen-bond acceptors (Lipinski definition) is 2. The van der Waals surface area contributed by atoms with E-state index in [1.165, 1.54) is 0 Å². The summed E-state index contributed by atoms with van der Waals surface area (Å²) in [4.78, 5) is 3.97. The number of aromatic nitrogens is 1. The van der Waals surface area contributed by atoms with Gasteiger partial charge in [-0.2, -0.15) is 0 Å². The molecule has 0 radical (unpaired) electrons. The number of halogens is 1. The lowest BCUT2D eigenvalue weighted by Crippen LogP contribution is -2.11. The van der Waals surface area contributed by atoms with Crippen LogP contribution in [0.5, 0.6) is 0 Å². The molecule has 1 unspecified atom stereocenters. The maximum absolute atomic E-state index is 6.13. The molecule has 1 aromatic carbocycles. The first-order chi connectivity index (χ1) is 8.27. The van der Waals surface area contributed by atoms with Crippen molar-refractivity contribution < 1.29 is 0 Å². The molecule has 0 amide bonds. The van der Waals surface area contributed by atoms with E-state index in [9.17, 15) is 0 Å². The third kappa shape index (κ3) is 3.29. The fraction of sp³-hybridized carbons (Fsp3) is 0.214. The minimum Gasteiger partial charge on any atom is -0.324 e. The standard InChI is InChI=1S/C14H15ClN2/c15-13-10-17-9-8-11(13)6-7-14(16)12-4-2-1-3-5-12/h1-5,8-10,14H,6-7,16H2. The van der Waals surface area contributed by atoms with Crippen molar-refractivity contribution >= 4 is 11.6 Å². The summed E-state index contributed by atoms with van der Waals surface area (Å²) in [5.41, 5.74) is 8.40. The lowest BCUT2D eigenvalue weighted by Gasteiger charge is -2.12. The molecule has 1 atom stereocenters. The third-order valence-corrected chi connectivity index (χ3v) is 3.15. The van der Waals surface area contributed by atoms with Crippen molar-refractivity contribution in [2.75, 3.05) is 0 Å². The van der Waals surface area contributed by atoms with Crippen molar-refractivity contribution in [3.63, 3.8) is 0 Å². The van der Waals surface area contributed by atoms with Gasteiger partial charge in [0.25, 0.3) is 0 Å². The number of nitrogens with two attached hydrogens (primary N) is 1. The van der Waals surface area contributed by atoms with Gasteiger partial charge >= 0.3 is 0 Å². The second-order valence-electron chi connectivity index (χ2n) is 4.02. The highest BCUT2D eigenvalue weighted by molar-refractivity contribution is 6.31. The van der Waals surface area contributed by atoms with Gasteiger partial charge in [0, 0.05) is 18.4 Å². The number of benzene rings is 1. The molecule has 2 aromatic rings. The molecule has 0 saturated carbocycles. The average molecular weight is 247 g/mol. The van der Waals surface area contributed by atoms with Gasteiger partial charge in [-0.25, -0.2) is 0 Å². The first-order valence-corrected chi connectivity index (χ1v) is 6.04. The summed E-state index contributed by atoms with van der Waals surface area (Å²) in [6.07, 6.45) is 5.19. The first-order valence-electron chi connectivity index (χ1n) is 5.66. The van der Waals surface area contributed by atoms with Gasteiger partial charge in [-0.1, -0.05) is 41.9 Å².